The number of fused-ring (bicyclic) bond motifs is 1. The molecule has 0 radical (unpaired) electrons. The van der Waals surface area contributed by atoms with Gasteiger partial charge in [0.2, 0.25) is 0 Å². The molecule has 8 heteroatoms. The standard InChI is InChI=1S/C18H18FN5O2/c1-22-14-11-20-15(10-12-4-6-13(19)7-5-12)21-16(14)24(17(22)25)18(26)23-8-2-3-9-23/h4-7,11H,2-3,8-10H2,1H3. The normalized spacial score (nSPS) is 14.3. The molecule has 0 spiro atoms. The van der Waals surface area contributed by atoms with Gasteiger partial charge in [0.1, 0.15) is 17.2 Å². The molecule has 3 aromatic rings. The second-order valence-corrected chi connectivity index (χ2v) is 6.45. The highest BCUT2D eigenvalue weighted by molar-refractivity contribution is 5.87. The van der Waals surface area contributed by atoms with E-state index in [0.29, 0.717) is 36.5 Å². The molecule has 0 atom stereocenters. The quantitative estimate of drug-likeness (QED) is 0.704. The minimum Gasteiger partial charge on any atom is -0.324 e. The van der Waals surface area contributed by atoms with Gasteiger partial charge in [-0.3, -0.25) is 4.57 Å². The molecular weight excluding hydrogens is 337 g/mol. The maximum atomic E-state index is 13.1. The number of halogens is 1. The van der Waals surface area contributed by atoms with Gasteiger partial charge in [-0.2, -0.15) is 4.57 Å². The number of hydrogen-bond donors (Lipinski definition) is 0. The van der Waals surface area contributed by atoms with Crippen molar-refractivity contribution in [2.75, 3.05) is 13.1 Å². The second-order valence-electron chi connectivity index (χ2n) is 6.45. The summed E-state index contributed by atoms with van der Waals surface area (Å²) in [6, 6.07) is 5.74. The zero-order valence-electron chi connectivity index (χ0n) is 14.4. The largest absolute Gasteiger partial charge is 0.338 e. The molecule has 0 aliphatic carbocycles. The smallest absolute Gasteiger partial charge is 0.324 e. The molecule has 2 aromatic heterocycles. The highest BCUT2D eigenvalue weighted by Gasteiger charge is 2.25. The van der Waals surface area contributed by atoms with Gasteiger partial charge < -0.3 is 4.90 Å². The van der Waals surface area contributed by atoms with E-state index in [2.05, 4.69) is 9.97 Å². The van der Waals surface area contributed by atoms with Crippen LogP contribution in [0.3, 0.4) is 0 Å². The highest BCUT2D eigenvalue weighted by Crippen LogP contribution is 2.15. The van der Waals surface area contributed by atoms with Gasteiger partial charge in [0.25, 0.3) is 0 Å². The predicted octanol–water partition coefficient (Wildman–Crippen LogP) is 1.92. The third kappa shape index (κ3) is 2.77. The average molecular weight is 355 g/mol. The van der Waals surface area contributed by atoms with E-state index in [9.17, 15) is 14.0 Å². The Hall–Kier alpha value is -3.03. The molecular formula is C18H18FN5O2. The lowest BCUT2D eigenvalue weighted by Crippen LogP contribution is -2.38. The molecule has 0 bridgehead atoms. The Morgan fingerprint density at radius 1 is 1.19 bits per heavy atom. The SMILES string of the molecule is Cn1c(=O)n(C(=O)N2CCCC2)c2nc(Cc3ccc(F)cc3)ncc21. The number of carbonyl (C=O) groups excluding carboxylic acids is 1. The lowest BCUT2D eigenvalue weighted by atomic mass is 10.1. The minimum absolute atomic E-state index is 0.307. The molecule has 1 aliphatic rings. The summed E-state index contributed by atoms with van der Waals surface area (Å²) in [5, 5.41) is 0. The lowest BCUT2D eigenvalue weighted by Gasteiger charge is -2.14. The summed E-state index contributed by atoms with van der Waals surface area (Å²) >= 11 is 0. The van der Waals surface area contributed by atoms with Crippen LogP contribution in [0.2, 0.25) is 0 Å². The minimum atomic E-state index is -0.426. The number of benzene rings is 1. The first kappa shape index (κ1) is 16.4. The molecule has 0 unspecified atom stereocenters. The van der Waals surface area contributed by atoms with Crippen molar-refractivity contribution in [3.8, 4) is 0 Å². The maximum absolute atomic E-state index is 13.1. The number of aromatic nitrogens is 4. The second kappa shape index (κ2) is 6.36. The number of rotatable bonds is 2. The molecule has 4 rings (SSSR count). The summed E-state index contributed by atoms with van der Waals surface area (Å²) in [4.78, 5) is 35.8. The van der Waals surface area contributed by atoms with Gasteiger partial charge in [-0.1, -0.05) is 12.1 Å². The van der Waals surface area contributed by atoms with Crippen molar-refractivity contribution < 1.29 is 9.18 Å². The first-order valence-corrected chi connectivity index (χ1v) is 8.51. The number of amides is 1. The zero-order chi connectivity index (χ0) is 18.3. The number of hydrogen-bond acceptors (Lipinski definition) is 4. The van der Waals surface area contributed by atoms with Crippen molar-refractivity contribution in [2.24, 2.45) is 7.05 Å². The van der Waals surface area contributed by atoms with Gasteiger partial charge in [-0.15, -0.1) is 0 Å². The van der Waals surface area contributed by atoms with Crippen LogP contribution in [0.4, 0.5) is 9.18 Å². The van der Waals surface area contributed by atoms with Crippen molar-refractivity contribution in [1.82, 2.24) is 24.0 Å². The van der Waals surface area contributed by atoms with Crippen LogP contribution in [-0.2, 0) is 13.5 Å². The topological polar surface area (TPSA) is 73.0 Å². The molecule has 0 saturated carbocycles. The van der Waals surface area contributed by atoms with Crippen LogP contribution in [0.5, 0.6) is 0 Å². The Morgan fingerprint density at radius 2 is 1.88 bits per heavy atom. The van der Waals surface area contributed by atoms with E-state index in [1.54, 1.807) is 30.3 Å². The molecule has 134 valence electrons. The molecule has 1 saturated heterocycles. The van der Waals surface area contributed by atoms with E-state index in [1.807, 2.05) is 0 Å². The van der Waals surface area contributed by atoms with Gasteiger partial charge >= 0.3 is 11.7 Å². The fraction of sp³-hybridized carbons (Fsp3) is 0.333. The Labute approximate surface area is 148 Å². The van der Waals surface area contributed by atoms with E-state index in [4.69, 9.17) is 0 Å². The van der Waals surface area contributed by atoms with Crippen molar-refractivity contribution >= 4 is 17.2 Å². The molecule has 26 heavy (non-hydrogen) atoms. The maximum Gasteiger partial charge on any atom is 0.338 e. The number of likely N-dealkylation sites (tertiary alicyclic amines) is 1. The average Bonchev–Trinajstić information content (AvgIpc) is 3.25. The van der Waals surface area contributed by atoms with Gasteiger partial charge in [0.15, 0.2) is 5.65 Å². The van der Waals surface area contributed by atoms with Crippen molar-refractivity contribution in [1.29, 1.82) is 0 Å². The third-order valence-corrected chi connectivity index (χ3v) is 4.69. The van der Waals surface area contributed by atoms with Crippen molar-refractivity contribution in [3.05, 3.63) is 58.2 Å². The lowest BCUT2D eigenvalue weighted by molar-refractivity contribution is 0.210. The van der Waals surface area contributed by atoms with Crippen LogP contribution in [0.25, 0.3) is 11.2 Å². The summed E-state index contributed by atoms with van der Waals surface area (Å²) in [6.07, 6.45) is 3.82. The summed E-state index contributed by atoms with van der Waals surface area (Å²) < 4.78 is 15.6. The number of nitrogens with zero attached hydrogens (tertiary/aromatic N) is 5. The zero-order valence-corrected chi connectivity index (χ0v) is 14.4. The van der Waals surface area contributed by atoms with Crippen LogP contribution in [-0.4, -0.2) is 43.1 Å². The first-order chi connectivity index (χ1) is 12.5. The number of aryl methyl sites for hydroxylation is 1. The Balaban J connectivity index is 1.76. The molecule has 1 fully saturated rings. The van der Waals surface area contributed by atoms with E-state index in [-0.39, 0.29) is 11.8 Å². The number of carbonyl (C=O) groups is 1. The fourth-order valence-corrected chi connectivity index (χ4v) is 3.24. The van der Waals surface area contributed by atoms with E-state index in [0.717, 1.165) is 23.0 Å². The monoisotopic (exact) mass is 355 g/mol. The van der Waals surface area contributed by atoms with Crippen LogP contribution in [0.15, 0.2) is 35.3 Å². The molecule has 1 aromatic carbocycles. The van der Waals surface area contributed by atoms with Crippen LogP contribution in [0.1, 0.15) is 24.2 Å². The van der Waals surface area contributed by atoms with Gasteiger partial charge in [0, 0.05) is 26.6 Å². The Bertz CT molecular complexity index is 1030. The molecule has 0 N–H and O–H groups in total. The fourth-order valence-electron chi connectivity index (χ4n) is 3.24. The Kier molecular flexibility index (Phi) is 4.02. The predicted molar refractivity (Wildman–Crippen MR) is 93.6 cm³/mol. The third-order valence-electron chi connectivity index (χ3n) is 4.69. The summed E-state index contributed by atoms with van der Waals surface area (Å²) in [7, 11) is 1.60. The summed E-state index contributed by atoms with van der Waals surface area (Å²) in [5.41, 5.74) is 1.23. The Morgan fingerprint density at radius 3 is 2.58 bits per heavy atom. The first-order valence-electron chi connectivity index (χ1n) is 8.51. The van der Waals surface area contributed by atoms with Crippen LogP contribution < -0.4 is 5.69 Å². The molecule has 7 nitrogen and oxygen atoms in total. The molecule has 3 heterocycles. The summed E-state index contributed by atoms with van der Waals surface area (Å²) in [6.45, 7) is 1.30. The molecule has 1 amide bonds. The van der Waals surface area contributed by atoms with Crippen molar-refractivity contribution in [2.45, 2.75) is 19.3 Å². The van der Waals surface area contributed by atoms with Crippen LogP contribution in [0, 0.1) is 5.82 Å². The van der Waals surface area contributed by atoms with E-state index < -0.39 is 5.69 Å². The molecule has 1 aliphatic heterocycles. The van der Waals surface area contributed by atoms with E-state index in [1.165, 1.54) is 16.7 Å². The van der Waals surface area contributed by atoms with Gasteiger partial charge in [-0.05, 0) is 30.5 Å². The summed E-state index contributed by atoms with van der Waals surface area (Å²) in [5.74, 6) is 0.163. The van der Waals surface area contributed by atoms with Crippen LogP contribution >= 0.6 is 0 Å². The number of imidazole rings is 1. The van der Waals surface area contributed by atoms with Crippen molar-refractivity contribution in [3.63, 3.8) is 0 Å². The highest BCUT2D eigenvalue weighted by atomic mass is 19.1. The van der Waals surface area contributed by atoms with Gasteiger partial charge in [-0.25, -0.2) is 23.9 Å². The van der Waals surface area contributed by atoms with Gasteiger partial charge in [0.05, 0.1) is 6.20 Å². The van der Waals surface area contributed by atoms with E-state index >= 15 is 0 Å².